The van der Waals surface area contributed by atoms with Crippen molar-refractivity contribution in [3.05, 3.63) is 98.4 Å². The SMILES string of the molecule is Cc1cc(C)c(C(=O)Oc2ccc3c(=O)c(Oc4ccccc4C(C)C)c(C(F)(F)F)oc3c2)c(C)c1. The highest BCUT2D eigenvalue weighted by atomic mass is 19.4. The lowest BCUT2D eigenvalue weighted by Crippen LogP contribution is -2.16. The Labute approximate surface area is 211 Å². The Morgan fingerprint density at radius 2 is 1.59 bits per heavy atom. The minimum absolute atomic E-state index is 0.0592. The van der Waals surface area contributed by atoms with Crippen LogP contribution in [-0.2, 0) is 6.18 Å². The molecule has 0 spiro atoms. The Kier molecular flexibility index (Phi) is 6.86. The van der Waals surface area contributed by atoms with Gasteiger partial charge in [-0.05, 0) is 61.6 Å². The van der Waals surface area contributed by atoms with E-state index >= 15 is 0 Å². The van der Waals surface area contributed by atoms with Crippen molar-refractivity contribution in [2.24, 2.45) is 0 Å². The highest BCUT2D eigenvalue weighted by Gasteiger charge is 2.40. The minimum atomic E-state index is -5.02. The van der Waals surface area contributed by atoms with E-state index in [4.69, 9.17) is 13.9 Å². The number of aryl methyl sites for hydroxylation is 3. The highest BCUT2D eigenvalue weighted by Crippen LogP contribution is 2.40. The van der Waals surface area contributed by atoms with E-state index < -0.39 is 29.1 Å². The fraction of sp³-hybridized carbons (Fsp3) is 0.241. The lowest BCUT2D eigenvalue weighted by molar-refractivity contribution is -0.154. The smallest absolute Gasteiger partial charge is 0.449 e. The lowest BCUT2D eigenvalue weighted by atomic mass is 10.00. The van der Waals surface area contributed by atoms with E-state index in [-0.39, 0.29) is 28.4 Å². The molecule has 0 saturated carbocycles. The molecule has 0 aliphatic rings. The van der Waals surface area contributed by atoms with Crippen LogP contribution in [-0.4, -0.2) is 5.97 Å². The summed E-state index contributed by atoms with van der Waals surface area (Å²) in [6.45, 7) is 9.16. The maximum Gasteiger partial charge on any atom is 0.453 e. The van der Waals surface area contributed by atoms with Crippen LogP contribution < -0.4 is 14.9 Å². The van der Waals surface area contributed by atoms with Crippen molar-refractivity contribution >= 4 is 16.9 Å². The van der Waals surface area contributed by atoms with Gasteiger partial charge in [0.25, 0.3) is 5.76 Å². The zero-order valence-corrected chi connectivity index (χ0v) is 20.9. The Morgan fingerprint density at radius 1 is 0.946 bits per heavy atom. The molecular weight excluding hydrogens is 485 g/mol. The third kappa shape index (κ3) is 5.23. The summed E-state index contributed by atoms with van der Waals surface area (Å²) < 4.78 is 58.1. The molecule has 4 rings (SSSR count). The average Bonchev–Trinajstić information content (AvgIpc) is 2.79. The standard InChI is InChI=1S/C29H25F3O5/c1-15(2)20-8-6-7-9-22(20)36-26-25(33)21-11-10-19(14-23(21)37-27(26)29(30,31)32)35-28(34)24-17(4)12-16(3)13-18(24)5/h6-15H,1-5H3. The molecule has 0 fully saturated rings. The molecule has 0 N–H and O–H groups in total. The van der Waals surface area contributed by atoms with Crippen molar-refractivity contribution in [3.8, 4) is 17.2 Å². The minimum Gasteiger partial charge on any atom is -0.449 e. The number of carbonyl (C=O) groups excluding carboxylic acids is 1. The van der Waals surface area contributed by atoms with E-state index in [2.05, 4.69) is 0 Å². The summed E-state index contributed by atoms with van der Waals surface area (Å²) in [5.41, 5.74) is 2.01. The predicted molar refractivity (Wildman–Crippen MR) is 134 cm³/mol. The van der Waals surface area contributed by atoms with Crippen molar-refractivity contribution in [1.82, 2.24) is 0 Å². The van der Waals surface area contributed by atoms with Crippen molar-refractivity contribution in [1.29, 1.82) is 0 Å². The molecule has 0 saturated heterocycles. The maximum absolute atomic E-state index is 14.0. The molecule has 0 atom stereocenters. The summed E-state index contributed by atoms with van der Waals surface area (Å²) in [5, 5.41) is -0.146. The second-order valence-electron chi connectivity index (χ2n) is 9.20. The first-order chi connectivity index (χ1) is 17.4. The summed E-state index contributed by atoms with van der Waals surface area (Å²) in [4.78, 5) is 26.0. The second-order valence-corrected chi connectivity index (χ2v) is 9.20. The molecule has 0 amide bonds. The van der Waals surface area contributed by atoms with Crippen molar-refractivity contribution in [2.75, 3.05) is 0 Å². The van der Waals surface area contributed by atoms with Crippen molar-refractivity contribution < 1.29 is 31.9 Å². The summed E-state index contributed by atoms with van der Waals surface area (Å²) in [5.74, 6) is -3.19. The van der Waals surface area contributed by atoms with Gasteiger partial charge in [-0.1, -0.05) is 49.7 Å². The number of fused-ring (bicyclic) bond motifs is 1. The quantitative estimate of drug-likeness (QED) is 0.202. The first-order valence-corrected chi connectivity index (χ1v) is 11.6. The summed E-state index contributed by atoms with van der Waals surface area (Å²) in [6.07, 6.45) is -5.02. The number of hydrogen-bond acceptors (Lipinski definition) is 5. The van der Waals surface area contributed by atoms with Gasteiger partial charge in [0.2, 0.25) is 11.2 Å². The lowest BCUT2D eigenvalue weighted by Gasteiger charge is -2.16. The van der Waals surface area contributed by atoms with Gasteiger partial charge in [0.15, 0.2) is 0 Å². The van der Waals surface area contributed by atoms with E-state index in [1.165, 1.54) is 18.2 Å². The van der Waals surface area contributed by atoms with E-state index in [0.717, 1.165) is 11.6 Å². The highest BCUT2D eigenvalue weighted by molar-refractivity contribution is 5.94. The topological polar surface area (TPSA) is 65.7 Å². The van der Waals surface area contributed by atoms with Crippen molar-refractivity contribution in [3.63, 3.8) is 0 Å². The molecular formula is C29H25F3O5. The summed E-state index contributed by atoms with van der Waals surface area (Å²) in [7, 11) is 0. The molecule has 1 aromatic heterocycles. The number of carbonyl (C=O) groups is 1. The number of ether oxygens (including phenoxy) is 2. The van der Waals surface area contributed by atoms with Gasteiger partial charge >= 0.3 is 12.1 Å². The van der Waals surface area contributed by atoms with E-state index in [9.17, 15) is 22.8 Å². The summed E-state index contributed by atoms with van der Waals surface area (Å²) >= 11 is 0. The molecule has 0 aliphatic heterocycles. The van der Waals surface area contributed by atoms with Crippen LogP contribution in [0.4, 0.5) is 13.2 Å². The molecule has 1 heterocycles. The Bertz CT molecular complexity index is 1540. The van der Waals surface area contributed by atoms with Crippen molar-refractivity contribution in [2.45, 2.75) is 46.7 Å². The largest absolute Gasteiger partial charge is 0.453 e. The first kappa shape index (κ1) is 26.0. The van der Waals surface area contributed by atoms with Gasteiger partial charge in [-0.15, -0.1) is 0 Å². The number of hydrogen-bond donors (Lipinski definition) is 0. The molecule has 4 aromatic rings. The number of halogens is 3. The van der Waals surface area contributed by atoms with Crippen LogP contribution in [0, 0.1) is 20.8 Å². The van der Waals surface area contributed by atoms with Gasteiger partial charge < -0.3 is 13.9 Å². The molecule has 8 heteroatoms. The Hall–Kier alpha value is -4.07. The zero-order valence-electron chi connectivity index (χ0n) is 20.9. The fourth-order valence-electron chi connectivity index (χ4n) is 4.32. The van der Waals surface area contributed by atoms with E-state index in [0.29, 0.717) is 22.3 Å². The molecule has 5 nitrogen and oxygen atoms in total. The fourth-order valence-corrected chi connectivity index (χ4v) is 4.32. The Balaban J connectivity index is 1.78. The Morgan fingerprint density at radius 3 is 2.22 bits per heavy atom. The monoisotopic (exact) mass is 510 g/mol. The average molecular weight is 511 g/mol. The number of para-hydroxylation sites is 1. The van der Waals surface area contributed by atoms with Gasteiger partial charge in [0, 0.05) is 6.07 Å². The van der Waals surface area contributed by atoms with Gasteiger partial charge in [-0.2, -0.15) is 13.2 Å². The number of alkyl halides is 3. The first-order valence-electron chi connectivity index (χ1n) is 11.6. The number of rotatable bonds is 5. The molecule has 0 radical (unpaired) electrons. The third-order valence-electron chi connectivity index (χ3n) is 5.92. The third-order valence-corrected chi connectivity index (χ3v) is 5.92. The zero-order chi connectivity index (χ0) is 27.1. The van der Waals surface area contributed by atoms with Crippen LogP contribution in [0.1, 0.15) is 58.1 Å². The normalized spacial score (nSPS) is 11.7. The van der Waals surface area contributed by atoms with Gasteiger partial charge in [0.05, 0.1) is 10.9 Å². The summed E-state index contributed by atoms with van der Waals surface area (Å²) in [6, 6.07) is 13.9. The van der Waals surface area contributed by atoms with Crippen LogP contribution in [0.15, 0.2) is 63.8 Å². The van der Waals surface area contributed by atoms with Crippen LogP contribution in [0.25, 0.3) is 11.0 Å². The number of benzene rings is 3. The predicted octanol–water partition coefficient (Wildman–Crippen LogP) is 7.87. The molecule has 3 aromatic carbocycles. The maximum atomic E-state index is 14.0. The second kappa shape index (κ2) is 9.76. The molecule has 37 heavy (non-hydrogen) atoms. The van der Waals surface area contributed by atoms with Crippen LogP contribution >= 0.6 is 0 Å². The van der Waals surface area contributed by atoms with Gasteiger partial charge in [0.1, 0.15) is 17.1 Å². The van der Waals surface area contributed by atoms with E-state index in [1.54, 1.807) is 32.0 Å². The molecule has 0 aliphatic carbocycles. The molecule has 192 valence electrons. The van der Waals surface area contributed by atoms with E-state index in [1.807, 2.05) is 32.9 Å². The molecule has 0 bridgehead atoms. The van der Waals surface area contributed by atoms with Crippen LogP contribution in [0.2, 0.25) is 0 Å². The number of esters is 1. The van der Waals surface area contributed by atoms with Crippen LogP contribution in [0.3, 0.4) is 0 Å². The van der Waals surface area contributed by atoms with Gasteiger partial charge in [-0.25, -0.2) is 4.79 Å². The van der Waals surface area contributed by atoms with Crippen LogP contribution in [0.5, 0.6) is 17.2 Å². The van der Waals surface area contributed by atoms with Gasteiger partial charge in [-0.3, -0.25) is 4.79 Å². The molecule has 0 unspecified atom stereocenters.